The van der Waals surface area contributed by atoms with Gasteiger partial charge < -0.3 is 20.5 Å². The normalized spacial score (nSPS) is 12.0. The number of carboxylic acid groups (broad SMARTS) is 1. The number of aromatic carboxylic acids is 1. The van der Waals surface area contributed by atoms with Crippen LogP contribution in [0.1, 0.15) is 36.0 Å². The zero-order valence-corrected chi connectivity index (χ0v) is 13.9. The average Bonchev–Trinajstić information content (AvgIpc) is 2.83. The van der Waals surface area contributed by atoms with E-state index in [9.17, 15) is 18.4 Å². The summed E-state index contributed by atoms with van der Waals surface area (Å²) in [4.78, 5) is 22.7. The Morgan fingerprint density at radius 2 is 1.96 bits per heavy atom. The van der Waals surface area contributed by atoms with Gasteiger partial charge in [0, 0.05) is 16.8 Å². The first kappa shape index (κ1) is 19.3. The quantitative estimate of drug-likeness (QED) is 0.704. The zero-order chi connectivity index (χ0) is 17.7. The van der Waals surface area contributed by atoms with Crippen LogP contribution in [0.2, 0.25) is 0 Å². The molecule has 9 heteroatoms. The molecule has 1 amide bonds. The number of carboxylic acids is 1. The predicted octanol–water partition coefficient (Wildman–Crippen LogP) is 2.70. The number of alkyl halides is 2. The fourth-order valence-corrected chi connectivity index (χ4v) is 2.36. The first-order valence-corrected chi connectivity index (χ1v) is 7.72. The van der Waals surface area contributed by atoms with E-state index in [1.165, 1.54) is 22.8 Å². The van der Waals surface area contributed by atoms with Crippen LogP contribution in [-0.2, 0) is 11.3 Å². The number of ether oxygens (including phenoxy) is 1. The molecule has 1 rings (SSSR count). The molecule has 0 aliphatic carbocycles. The molecule has 0 aliphatic heterocycles. The molecule has 1 heterocycles. The lowest BCUT2D eigenvalue weighted by Gasteiger charge is -2.22. The lowest BCUT2D eigenvalue weighted by molar-refractivity contribution is -0.00372. The number of nitrogens with one attached hydrogen (secondary N) is 2. The highest BCUT2D eigenvalue weighted by Gasteiger charge is 2.30. The van der Waals surface area contributed by atoms with Gasteiger partial charge in [-0.2, -0.15) is 0 Å². The summed E-state index contributed by atoms with van der Waals surface area (Å²) in [6.07, 6.45) is -0.901. The molecule has 1 aromatic rings. The summed E-state index contributed by atoms with van der Waals surface area (Å²) in [6.45, 7) is 3.54. The van der Waals surface area contributed by atoms with E-state index in [1.807, 2.05) is 5.32 Å². The van der Waals surface area contributed by atoms with Crippen molar-refractivity contribution >= 4 is 23.4 Å². The topological polar surface area (TPSA) is 87.7 Å². The largest absolute Gasteiger partial charge is 0.478 e. The molecule has 0 saturated heterocycles. The van der Waals surface area contributed by atoms with Crippen LogP contribution in [0.3, 0.4) is 0 Å². The van der Waals surface area contributed by atoms with Crippen LogP contribution in [0.25, 0.3) is 0 Å². The molecule has 0 bridgehead atoms. The van der Waals surface area contributed by atoms with Crippen LogP contribution >= 0.6 is 11.3 Å². The molecule has 0 saturated carbocycles. The Balaban J connectivity index is 2.34. The van der Waals surface area contributed by atoms with E-state index >= 15 is 0 Å². The molecule has 23 heavy (non-hydrogen) atoms. The second-order valence-corrected chi connectivity index (χ2v) is 6.92. The first-order valence-electron chi connectivity index (χ1n) is 6.85. The van der Waals surface area contributed by atoms with Crippen LogP contribution in [-0.4, -0.2) is 41.8 Å². The number of carbonyl (C=O) groups is 2. The monoisotopic (exact) mass is 350 g/mol. The van der Waals surface area contributed by atoms with Gasteiger partial charge >= 0.3 is 12.1 Å². The Labute approximate surface area is 136 Å². The van der Waals surface area contributed by atoms with Crippen molar-refractivity contribution in [3.8, 4) is 0 Å². The number of carbonyl (C=O) groups excluding carboxylic acids is 1. The van der Waals surface area contributed by atoms with E-state index in [0.717, 1.165) is 0 Å². The molecule has 3 N–H and O–H groups in total. The molecule has 0 aliphatic rings. The number of halogens is 2. The number of hydrogen-bond acceptors (Lipinski definition) is 5. The minimum absolute atomic E-state index is 0.125. The Morgan fingerprint density at radius 1 is 1.30 bits per heavy atom. The highest BCUT2D eigenvalue weighted by molar-refractivity contribution is 7.10. The van der Waals surface area contributed by atoms with Gasteiger partial charge in [0.05, 0.1) is 18.7 Å². The van der Waals surface area contributed by atoms with E-state index in [1.54, 1.807) is 20.8 Å². The number of thiophene rings is 1. The maximum Gasteiger partial charge on any atom is 0.407 e. The van der Waals surface area contributed by atoms with Gasteiger partial charge in [-0.05, 0) is 26.8 Å². The lowest BCUT2D eigenvalue weighted by Crippen LogP contribution is -2.44. The van der Waals surface area contributed by atoms with E-state index in [-0.39, 0.29) is 12.1 Å². The van der Waals surface area contributed by atoms with E-state index in [2.05, 4.69) is 5.32 Å². The lowest BCUT2D eigenvalue weighted by atomic mass is 10.2. The van der Waals surface area contributed by atoms with Gasteiger partial charge in [-0.25, -0.2) is 18.4 Å². The van der Waals surface area contributed by atoms with Crippen molar-refractivity contribution in [3.05, 3.63) is 21.9 Å². The van der Waals surface area contributed by atoms with Crippen molar-refractivity contribution in [2.75, 3.05) is 13.1 Å². The highest BCUT2D eigenvalue weighted by atomic mass is 32.1. The van der Waals surface area contributed by atoms with Gasteiger partial charge in [0.15, 0.2) is 0 Å². The van der Waals surface area contributed by atoms with Gasteiger partial charge in [0.2, 0.25) is 0 Å². The smallest absolute Gasteiger partial charge is 0.407 e. The minimum atomic E-state index is -3.15. The van der Waals surface area contributed by atoms with Gasteiger partial charge in [-0.15, -0.1) is 11.3 Å². The third-order valence-corrected chi connectivity index (χ3v) is 3.41. The Kier molecular flexibility index (Phi) is 6.46. The van der Waals surface area contributed by atoms with Crippen molar-refractivity contribution in [2.24, 2.45) is 0 Å². The molecule has 0 aromatic carbocycles. The third kappa shape index (κ3) is 7.89. The summed E-state index contributed by atoms with van der Waals surface area (Å²) in [5.74, 6) is -4.21. The molecule has 0 radical (unpaired) electrons. The highest BCUT2D eigenvalue weighted by Crippen LogP contribution is 2.16. The molecule has 0 atom stereocenters. The summed E-state index contributed by atoms with van der Waals surface area (Å²) in [6, 6.07) is 1.43. The van der Waals surface area contributed by atoms with Crippen molar-refractivity contribution in [1.82, 2.24) is 10.6 Å². The van der Waals surface area contributed by atoms with Crippen LogP contribution in [0, 0.1) is 0 Å². The second-order valence-electron chi connectivity index (χ2n) is 5.92. The molecule has 130 valence electrons. The van der Waals surface area contributed by atoms with Crippen molar-refractivity contribution in [2.45, 2.75) is 38.8 Å². The second kappa shape index (κ2) is 7.69. The SMILES string of the molecule is CC(C)(C)OC(=O)NCC(F)(F)CNCc1cc(C(=O)O)cs1. The molecule has 6 nitrogen and oxygen atoms in total. The van der Waals surface area contributed by atoms with E-state index in [0.29, 0.717) is 4.88 Å². The fraction of sp³-hybridized carbons (Fsp3) is 0.571. The van der Waals surface area contributed by atoms with Gasteiger partial charge in [0.25, 0.3) is 5.92 Å². The standard InChI is InChI=1S/C14H20F2N2O4S/c1-13(2,3)22-12(21)18-8-14(15,16)7-17-5-10-4-9(6-23-10)11(19)20/h4,6,17H,5,7-8H2,1-3H3,(H,18,21)(H,19,20). The number of hydrogen-bond donors (Lipinski definition) is 3. The molecule has 0 unspecified atom stereocenters. The van der Waals surface area contributed by atoms with Crippen LogP contribution < -0.4 is 10.6 Å². The Bertz CT molecular complexity index is 555. The summed E-state index contributed by atoms with van der Waals surface area (Å²) in [7, 11) is 0. The summed E-state index contributed by atoms with van der Waals surface area (Å²) >= 11 is 1.18. The van der Waals surface area contributed by atoms with E-state index < -0.39 is 36.7 Å². The first-order chi connectivity index (χ1) is 10.5. The predicted molar refractivity (Wildman–Crippen MR) is 82.2 cm³/mol. The van der Waals surface area contributed by atoms with E-state index in [4.69, 9.17) is 9.84 Å². The van der Waals surface area contributed by atoms with Crippen molar-refractivity contribution in [1.29, 1.82) is 0 Å². The van der Waals surface area contributed by atoms with Gasteiger partial charge in [-0.3, -0.25) is 0 Å². The molecule has 0 fully saturated rings. The van der Waals surface area contributed by atoms with Crippen LogP contribution in [0.15, 0.2) is 11.4 Å². The van der Waals surface area contributed by atoms with Gasteiger partial charge in [0.1, 0.15) is 5.60 Å². The molecular formula is C14H20F2N2O4S. The van der Waals surface area contributed by atoms with Gasteiger partial charge in [-0.1, -0.05) is 0 Å². The zero-order valence-electron chi connectivity index (χ0n) is 13.1. The number of rotatable bonds is 7. The van der Waals surface area contributed by atoms with Crippen molar-refractivity contribution in [3.63, 3.8) is 0 Å². The molecule has 1 aromatic heterocycles. The third-order valence-electron chi connectivity index (χ3n) is 2.47. The average molecular weight is 350 g/mol. The Morgan fingerprint density at radius 3 is 2.48 bits per heavy atom. The molecule has 0 spiro atoms. The maximum absolute atomic E-state index is 13.6. The number of alkyl carbamates (subject to hydrolysis) is 1. The Hall–Kier alpha value is -1.74. The molecular weight excluding hydrogens is 330 g/mol. The van der Waals surface area contributed by atoms with Crippen molar-refractivity contribution < 1.29 is 28.2 Å². The minimum Gasteiger partial charge on any atom is -0.478 e. The fourth-order valence-electron chi connectivity index (χ4n) is 1.53. The summed E-state index contributed by atoms with van der Waals surface area (Å²) in [5.41, 5.74) is -0.622. The summed E-state index contributed by atoms with van der Waals surface area (Å²) in [5, 5.41) is 14.8. The summed E-state index contributed by atoms with van der Waals surface area (Å²) < 4.78 is 32.1. The van der Waals surface area contributed by atoms with Crippen LogP contribution in [0.4, 0.5) is 13.6 Å². The number of amides is 1. The van der Waals surface area contributed by atoms with Crippen LogP contribution in [0.5, 0.6) is 0 Å². The maximum atomic E-state index is 13.6.